The molecule has 0 saturated carbocycles. The van der Waals surface area contributed by atoms with Gasteiger partial charge in [0.15, 0.2) is 0 Å². The maximum Gasteiger partial charge on any atom is 0.0600 e. The molecule has 0 heterocycles. The molecule has 0 fully saturated rings. The Labute approximate surface area is 124 Å². The molecule has 2 rings (SSSR count). The van der Waals surface area contributed by atoms with Crippen molar-refractivity contribution in [3.8, 4) is 0 Å². The molecule has 0 bridgehead atoms. The van der Waals surface area contributed by atoms with E-state index < -0.39 is 0 Å². The lowest BCUT2D eigenvalue weighted by Gasteiger charge is -2.27. The van der Waals surface area contributed by atoms with E-state index in [-0.39, 0.29) is 6.04 Å². The average Bonchev–Trinajstić information content (AvgIpc) is 2.33. The zero-order valence-electron chi connectivity index (χ0n) is 11.3. The first-order valence-corrected chi connectivity index (χ1v) is 6.92. The molecule has 19 heavy (non-hydrogen) atoms. The summed E-state index contributed by atoms with van der Waals surface area (Å²) in [5.74, 6) is 0. The van der Waals surface area contributed by atoms with Crippen LogP contribution < -0.4 is 0 Å². The van der Waals surface area contributed by atoms with Crippen LogP contribution in [0.1, 0.15) is 22.7 Å². The summed E-state index contributed by atoms with van der Waals surface area (Å²) in [6.07, 6.45) is 0. The van der Waals surface area contributed by atoms with Gasteiger partial charge in [0.1, 0.15) is 0 Å². The lowest BCUT2D eigenvalue weighted by atomic mass is 9.94. The van der Waals surface area contributed by atoms with Crippen LogP contribution in [0.2, 0.25) is 10.0 Å². The van der Waals surface area contributed by atoms with Crippen molar-refractivity contribution in [2.75, 3.05) is 14.1 Å². The Kier molecular flexibility index (Phi) is 4.51. The zero-order chi connectivity index (χ0) is 14.0. The average molecular weight is 294 g/mol. The van der Waals surface area contributed by atoms with Crippen molar-refractivity contribution >= 4 is 23.2 Å². The summed E-state index contributed by atoms with van der Waals surface area (Å²) >= 11 is 12.2. The van der Waals surface area contributed by atoms with Gasteiger partial charge in [0, 0.05) is 10.0 Å². The van der Waals surface area contributed by atoms with Crippen molar-refractivity contribution in [3.05, 3.63) is 69.2 Å². The fourth-order valence-corrected chi connectivity index (χ4v) is 2.72. The smallest absolute Gasteiger partial charge is 0.0600 e. The molecule has 1 nitrogen and oxygen atoms in total. The minimum absolute atomic E-state index is 0.150. The molecule has 2 aromatic carbocycles. The van der Waals surface area contributed by atoms with Crippen LogP contribution in [0.25, 0.3) is 0 Å². The van der Waals surface area contributed by atoms with Gasteiger partial charge in [0.2, 0.25) is 0 Å². The molecule has 0 amide bonds. The molecule has 0 aromatic heterocycles. The van der Waals surface area contributed by atoms with Crippen LogP contribution in [0.5, 0.6) is 0 Å². The molecular weight excluding hydrogens is 277 g/mol. The van der Waals surface area contributed by atoms with E-state index in [2.05, 4.69) is 38.1 Å². The second-order valence-electron chi connectivity index (χ2n) is 4.92. The van der Waals surface area contributed by atoms with Crippen LogP contribution in [0, 0.1) is 6.92 Å². The third kappa shape index (κ3) is 3.30. The van der Waals surface area contributed by atoms with Crippen LogP contribution in [0.3, 0.4) is 0 Å². The number of benzene rings is 2. The van der Waals surface area contributed by atoms with Crippen molar-refractivity contribution in [1.82, 2.24) is 4.90 Å². The van der Waals surface area contributed by atoms with E-state index in [1.54, 1.807) is 0 Å². The molecule has 0 radical (unpaired) electrons. The van der Waals surface area contributed by atoms with Crippen molar-refractivity contribution in [2.24, 2.45) is 0 Å². The predicted molar refractivity (Wildman–Crippen MR) is 83.2 cm³/mol. The molecular formula is C16H17Cl2N. The second kappa shape index (κ2) is 5.96. The Morgan fingerprint density at radius 3 is 2.26 bits per heavy atom. The molecule has 0 unspecified atom stereocenters. The highest BCUT2D eigenvalue weighted by Gasteiger charge is 2.19. The molecule has 0 spiro atoms. The maximum absolute atomic E-state index is 6.14. The number of aryl methyl sites for hydroxylation is 1. The topological polar surface area (TPSA) is 3.24 Å². The third-order valence-electron chi connectivity index (χ3n) is 3.22. The van der Waals surface area contributed by atoms with Crippen LogP contribution in [-0.2, 0) is 0 Å². The molecule has 0 N–H and O–H groups in total. The van der Waals surface area contributed by atoms with Gasteiger partial charge in [-0.2, -0.15) is 0 Å². The van der Waals surface area contributed by atoms with E-state index in [0.29, 0.717) is 0 Å². The van der Waals surface area contributed by atoms with E-state index >= 15 is 0 Å². The molecule has 100 valence electrons. The number of hydrogen-bond donors (Lipinski definition) is 0. The van der Waals surface area contributed by atoms with Gasteiger partial charge in [-0.25, -0.2) is 0 Å². The third-order valence-corrected chi connectivity index (χ3v) is 3.69. The Hall–Kier alpha value is -1.02. The normalized spacial score (nSPS) is 12.7. The van der Waals surface area contributed by atoms with Crippen molar-refractivity contribution in [1.29, 1.82) is 0 Å². The summed E-state index contributed by atoms with van der Waals surface area (Å²) in [5, 5.41) is 1.51. The lowest BCUT2D eigenvalue weighted by Crippen LogP contribution is -2.21. The number of nitrogens with zero attached hydrogens (tertiary/aromatic N) is 1. The fraction of sp³-hybridized carbons (Fsp3) is 0.250. The van der Waals surface area contributed by atoms with Gasteiger partial charge < -0.3 is 0 Å². The highest BCUT2D eigenvalue weighted by molar-refractivity contribution is 6.31. The zero-order valence-corrected chi connectivity index (χ0v) is 12.8. The van der Waals surface area contributed by atoms with E-state index in [1.807, 2.05) is 30.3 Å². The summed E-state index contributed by atoms with van der Waals surface area (Å²) in [7, 11) is 4.12. The summed E-state index contributed by atoms with van der Waals surface area (Å²) in [5.41, 5.74) is 3.60. The summed E-state index contributed by atoms with van der Waals surface area (Å²) < 4.78 is 0. The molecule has 0 aliphatic carbocycles. The van der Waals surface area contributed by atoms with Gasteiger partial charge in [-0.1, -0.05) is 41.4 Å². The number of halogens is 2. The first kappa shape index (κ1) is 14.4. The molecule has 2 aromatic rings. The second-order valence-corrected chi connectivity index (χ2v) is 5.79. The standard InChI is InChI=1S/C16H17Cl2N/c1-11-7-8-14(18)10-15(11)16(19(2)3)12-5-4-6-13(17)9-12/h4-10,16H,1-3H3/t16-/m0/s1. The van der Waals surface area contributed by atoms with Crippen molar-refractivity contribution in [2.45, 2.75) is 13.0 Å². The lowest BCUT2D eigenvalue weighted by molar-refractivity contribution is 0.341. The Morgan fingerprint density at radius 1 is 0.947 bits per heavy atom. The first-order valence-electron chi connectivity index (χ1n) is 6.17. The first-order chi connectivity index (χ1) is 8.99. The minimum atomic E-state index is 0.150. The van der Waals surface area contributed by atoms with Gasteiger partial charge in [-0.05, 0) is 62.0 Å². The van der Waals surface area contributed by atoms with Crippen LogP contribution in [0.15, 0.2) is 42.5 Å². The predicted octanol–water partition coefficient (Wildman–Crippen LogP) is 4.95. The Balaban J connectivity index is 2.55. The van der Waals surface area contributed by atoms with E-state index in [9.17, 15) is 0 Å². The summed E-state index contributed by atoms with van der Waals surface area (Å²) in [6.45, 7) is 2.10. The minimum Gasteiger partial charge on any atom is -0.299 e. The van der Waals surface area contributed by atoms with Gasteiger partial charge in [0.25, 0.3) is 0 Å². The van der Waals surface area contributed by atoms with Crippen molar-refractivity contribution < 1.29 is 0 Å². The Bertz CT molecular complexity index is 579. The van der Waals surface area contributed by atoms with Crippen LogP contribution in [-0.4, -0.2) is 19.0 Å². The Morgan fingerprint density at radius 2 is 1.63 bits per heavy atom. The number of rotatable bonds is 3. The SMILES string of the molecule is Cc1ccc(Cl)cc1[C@H](c1cccc(Cl)c1)N(C)C. The molecule has 3 heteroatoms. The van der Waals surface area contributed by atoms with E-state index in [1.165, 1.54) is 16.7 Å². The monoisotopic (exact) mass is 293 g/mol. The van der Waals surface area contributed by atoms with Gasteiger partial charge in [-0.15, -0.1) is 0 Å². The molecule has 0 saturated heterocycles. The molecule has 0 aliphatic rings. The van der Waals surface area contributed by atoms with Gasteiger partial charge in [0.05, 0.1) is 6.04 Å². The van der Waals surface area contributed by atoms with E-state index in [4.69, 9.17) is 23.2 Å². The number of hydrogen-bond acceptors (Lipinski definition) is 1. The summed E-state index contributed by atoms with van der Waals surface area (Å²) in [4.78, 5) is 2.17. The summed E-state index contributed by atoms with van der Waals surface area (Å²) in [6, 6.07) is 14.1. The van der Waals surface area contributed by atoms with Crippen LogP contribution in [0.4, 0.5) is 0 Å². The van der Waals surface area contributed by atoms with Gasteiger partial charge >= 0.3 is 0 Å². The quantitative estimate of drug-likeness (QED) is 0.774. The van der Waals surface area contributed by atoms with Crippen LogP contribution >= 0.6 is 23.2 Å². The highest BCUT2D eigenvalue weighted by atomic mass is 35.5. The molecule has 0 aliphatic heterocycles. The van der Waals surface area contributed by atoms with Crippen molar-refractivity contribution in [3.63, 3.8) is 0 Å². The fourth-order valence-electron chi connectivity index (χ4n) is 2.34. The maximum atomic E-state index is 6.14. The largest absolute Gasteiger partial charge is 0.299 e. The highest BCUT2D eigenvalue weighted by Crippen LogP contribution is 2.31. The molecule has 1 atom stereocenters. The van der Waals surface area contributed by atoms with E-state index in [0.717, 1.165) is 10.0 Å². The van der Waals surface area contributed by atoms with Gasteiger partial charge in [-0.3, -0.25) is 4.90 Å².